The molecule has 2 aromatic heterocycles. The van der Waals surface area contributed by atoms with Gasteiger partial charge in [0.25, 0.3) is 0 Å². The topological polar surface area (TPSA) is 75.3 Å². The molecule has 264 valence electrons. The Balaban J connectivity index is 1.18. The smallest absolute Gasteiger partial charge is 0.164 e. The van der Waals surface area contributed by atoms with Gasteiger partial charge in [0.1, 0.15) is 0 Å². The minimum Gasteiger partial charge on any atom is -0.256 e. The van der Waals surface area contributed by atoms with Crippen LogP contribution in [-0.4, -0.2) is 19.9 Å². The van der Waals surface area contributed by atoms with Crippen molar-refractivity contribution < 1.29 is 0 Å². The van der Waals surface area contributed by atoms with Crippen LogP contribution in [0.5, 0.6) is 0 Å². The number of fused-ring (bicyclic) bond motifs is 12. The van der Waals surface area contributed by atoms with E-state index >= 15 is 0 Å². The zero-order valence-electron chi connectivity index (χ0n) is 30.6. The first kappa shape index (κ1) is 32.6. The summed E-state index contributed by atoms with van der Waals surface area (Å²) in [7, 11) is 0. The van der Waals surface area contributed by atoms with Gasteiger partial charge in [0.05, 0.1) is 22.7 Å². The molecule has 1 spiro atoms. The highest BCUT2D eigenvalue weighted by Gasteiger charge is 2.49. The summed E-state index contributed by atoms with van der Waals surface area (Å²) >= 11 is 0. The molecule has 5 nitrogen and oxygen atoms in total. The first-order chi connectivity index (χ1) is 28.2. The molecule has 0 unspecified atom stereocenters. The number of benzene rings is 7. The first-order valence-electron chi connectivity index (χ1n) is 19.0. The largest absolute Gasteiger partial charge is 0.256 e. The van der Waals surface area contributed by atoms with E-state index in [1.165, 1.54) is 55.6 Å². The lowest BCUT2D eigenvalue weighted by Gasteiger charge is -2.35. The number of nitriles is 1. The number of aromatic nitrogens is 4. The highest BCUT2D eigenvalue weighted by Crippen LogP contribution is 2.61. The normalized spacial score (nSPS) is 12.7. The van der Waals surface area contributed by atoms with Crippen LogP contribution in [0.3, 0.4) is 0 Å². The van der Waals surface area contributed by atoms with Crippen molar-refractivity contribution in [2.24, 2.45) is 0 Å². The van der Waals surface area contributed by atoms with Gasteiger partial charge < -0.3 is 0 Å². The zero-order chi connectivity index (χ0) is 37.9. The standard InChI is InChI=1S/C52H31N5/c53-32-33-20-22-35(23-21-33)49-55-50(36-26-24-34(25-27-36)48-19-9-10-30-54-48)57-51(56-49)37-28-29-43-39-12-2-1-11-38(39)40-13-3-6-16-44(40)52(47(43)31-37)45-17-7-4-14-41(45)42-15-5-8-18-46(42)52/h1-31H. The average Bonchev–Trinajstić information content (AvgIpc) is 3.54. The van der Waals surface area contributed by atoms with Crippen LogP contribution in [0.25, 0.3) is 78.8 Å². The summed E-state index contributed by atoms with van der Waals surface area (Å²) in [6, 6.07) is 65.9. The highest BCUT2D eigenvalue weighted by molar-refractivity contribution is 5.97. The molecule has 5 heteroatoms. The van der Waals surface area contributed by atoms with E-state index in [1.54, 1.807) is 18.3 Å². The van der Waals surface area contributed by atoms with Gasteiger partial charge in [0.2, 0.25) is 0 Å². The molecule has 0 N–H and O–H groups in total. The van der Waals surface area contributed by atoms with Crippen LogP contribution in [0.1, 0.15) is 27.8 Å². The Morgan fingerprint density at radius 1 is 0.368 bits per heavy atom. The molecule has 0 radical (unpaired) electrons. The van der Waals surface area contributed by atoms with Gasteiger partial charge in [0, 0.05) is 28.5 Å². The van der Waals surface area contributed by atoms with E-state index in [9.17, 15) is 5.26 Å². The van der Waals surface area contributed by atoms with Gasteiger partial charge in [-0.25, -0.2) is 15.0 Å². The minimum atomic E-state index is -0.624. The molecule has 2 aliphatic rings. The molecule has 11 rings (SSSR count). The number of nitrogens with zero attached hydrogens (tertiary/aromatic N) is 5. The molecule has 2 heterocycles. The molecule has 0 fully saturated rings. The monoisotopic (exact) mass is 725 g/mol. The van der Waals surface area contributed by atoms with Gasteiger partial charge in [-0.2, -0.15) is 5.26 Å². The summed E-state index contributed by atoms with van der Waals surface area (Å²) in [6.07, 6.45) is 1.80. The lowest BCUT2D eigenvalue weighted by molar-refractivity contribution is 0.775. The number of rotatable bonds is 4. The molecule has 0 aliphatic heterocycles. The van der Waals surface area contributed by atoms with Crippen LogP contribution < -0.4 is 0 Å². The average molecular weight is 726 g/mol. The van der Waals surface area contributed by atoms with E-state index in [0.717, 1.165) is 27.9 Å². The quantitative estimate of drug-likeness (QED) is 0.181. The lowest BCUT2D eigenvalue weighted by Crippen LogP contribution is -2.29. The van der Waals surface area contributed by atoms with Gasteiger partial charge >= 0.3 is 0 Å². The Kier molecular flexibility index (Phi) is 7.38. The van der Waals surface area contributed by atoms with Crippen molar-refractivity contribution in [2.45, 2.75) is 5.41 Å². The summed E-state index contributed by atoms with van der Waals surface area (Å²) in [6.45, 7) is 0. The summed E-state index contributed by atoms with van der Waals surface area (Å²) in [4.78, 5) is 19.9. The fraction of sp³-hybridized carbons (Fsp3) is 0.0192. The fourth-order valence-corrected chi connectivity index (χ4v) is 8.97. The van der Waals surface area contributed by atoms with Crippen LogP contribution >= 0.6 is 0 Å². The maximum absolute atomic E-state index is 9.54. The summed E-state index contributed by atoms with van der Waals surface area (Å²) in [5, 5.41) is 9.54. The van der Waals surface area contributed by atoms with Gasteiger partial charge in [-0.15, -0.1) is 0 Å². The summed E-state index contributed by atoms with van der Waals surface area (Å²) < 4.78 is 0. The molecule has 2 aliphatic carbocycles. The Hall–Kier alpha value is -7.81. The summed E-state index contributed by atoms with van der Waals surface area (Å²) in [5.41, 5.74) is 16.6. The third-order valence-electron chi connectivity index (χ3n) is 11.5. The fourth-order valence-electron chi connectivity index (χ4n) is 8.97. The van der Waals surface area contributed by atoms with Crippen molar-refractivity contribution in [3.05, 3.63) is 216 Å². The third-order valence-corrected chi connectivity index (χ3v) is 11.5. The van der Waals surface area contributed by atoms with Gasteiger partial charge in [-0.3, -0.25) is 4.98 Å². The minimum absolute atomic E-state index is 0.533. The van der Waals surface area contributed by atoms with Crippen LogP contribution in [-0.2, 0) is 5.41 Å². The maximum atomic E-state index is 9.54. The SMILES string of the molecule is N#Cc1ccc(-c2nc(-c3ccc(-c4ccccn4)cc3)nc(-c3ccc4c(c3)C3(c5ccccc5-c5ccccc5-4)c4ccccc4-c4ccccc43)n2)cc1. The predicted molar refractivity (Wildman–Crippen MR) is 226 cm³/mol. The zero-order valence-corrected chi connectivity index (χ0v) is 30.6. The number of hydrogen-bond acceptors (Lipinski definition) is 5. The Labute approximate surface area is 330 Å². The Morgan fingerprint density at radius 3 is 1.32 bits per heavy atom. The second-order valence-electron chi connectivity index (χ2n) is 14.5. The van der Waals surface area contributed by atoms with E-state index in [4.69, 9.17) is 15.0 Å². The van der Waals surface area contributed by atoms with Crippen molar-refractivity contribution in [1.29, 1.82) is 5.26 Å². The first-order valence-corrected chi connectivity index (χ1v) is 19.0. The van der Waals surface area contributed by atoms with E-state index in [0.29, 0.717) is 23.0 Å². The molecule has 0 bridgehead atoms. The molecule has 0 amide bonds. The van der Waals surface area contributed by atoms with Gasteiger partial charge in [0.15, 0.2) is 17.5 Å². The van der Waals surface area contributed by atoms with Crippen molar-refractivity contribution in [3.8, 4) is 84.9 Å². The van der Waals surface area contributed by atoms with E-state index in [2.05, 4.69) is 138 Å². The summed E-state index contributed by atoms with van der Waals surface area (Å²) in [5.74, 6) is 1.66. The maximum Gasteiger partial charge on any atom is 0.164 e. The molecule has 0 saturated heterocycles. The van der Waals surface area contributed by atoms with Crippen LogP contribution in [0.15, 0.2) is 188 Å². The lowest BCUT2D eigenvalue weighted by atomic mass is 9.65. The number of hydrogen-bond donors (Lipinski definition) is 0. The molecule has 0 saturated carbocycles. The second kappa shape index (κ2) is 12.9. The second-order valence-corrected chi connectivity index (χ2v) is 14.5. The van der Waals surface area contributed by atoms with Crippen molar-refractivity contribution in [3.63, 3.8) is 0 Å². The predicted octanol–water partition coefficient (Wildman–Crippen LogP) is 11.8. The van der Waals surface area contributed by atoms with Crippen molar-refractivity contribution >= 4 is 0 Å². The van der Waals surface area contributed by atoms with Crippen LogP contribution in [0.4, 0.5) is 0 Å². The highest BCUT2D eigenvalue weighted by atomic mass is 15.0. The van der Waals surface area contributed by atoms with Crippen LogP contribution in [0.2, 0.25) is 0 Å². The molecule has 57 heavy (non-hydrogen) atoms. The number of pyridine rings is 1. The third kappa shape index (κ3) is 5.01. The van der Waals surface area contributed by atoms with E-state index in [1.807, 2.05) is 42.5 Å². The van der Waals surface area contributed by atoms with Crippen molar-refractivity contribution in [2.75, 3.05) is 0 Å². The molecular weight excluding hydrogens is 695 g/mol. The van der Waals surface area contributed by atoms with E-state index < -0.39 is 5.41 Å². The van der Waals surface area contributed by atoms with Gasteiger partial charge in [-0.1, -0.05) is 140 Å². The molecule has 7 aromatic carbocycles. The van der Waals surface area contributed by atoms with E-state index in [-0.39, 0.29) is 0 Å². The van der Waals surface area contributed by atoms with Gasteiger partial charge in [-0.05, 0) is 98.1 Å². The molecule has 9 aromatic rings. The molecular formula is C52H31N5. The van der Waals surface area contributed by atoms with Crippen LogP contribution in [0, 0.1) is 11.3 Å². The Morgan fingerprint density at radius 2 is 0.789 bits per heavy atom. The van der Waals surface area contributed by atoms with Crippen molar-refractivity contribution in [1.82, 2.24) is 19.9 Å². The Bertz CT molecular complexity index is 3030. The molecule has 0 atom stereocenters.